The Bertz CT molecular complexity index is 376. The first-order valence-electron chi connectivity index (χ1n) is 4.72. The third-order valence-electron chi connectivity index (χ3n) is 2.54. The molecule has 0 amide bonds. The minimum atomic E-state index is -0.272. The van der Waals surface area contributed by atoms with Gasteiger partial charge < -0.3 is 5.32 Å². The monoisotopic (exact) mass is 193 g/mol. The van der Waals surface area contributed by atoms with Crippen molar-refractivity contribution in [3.63, 3.8) is 0 Å². The standard InChI is InChI=1S/C11H12FNO/c1-7-5-9-8(11(14)6-13-7)3-2-4-10(9)12/h2-4,7,13H,5-6H2,1H3. The van der Waals surface area contributed by atoms with Crippen LogP contribution in [0, 0.1) is 5.82 Å². The molecule has 1 aromatic rings. The van der Waals surface area contributed by atoms with Crippen LogP contribution in [0.3, 0.4) is 0 Å². The number of fused-ring (bicyclic) bond motifs is 1. The normalized spacial score (nSPS) is 21.6. The smallest absolute Gasteiger partial charge is 0.176 e. The summed E-state index contributed by atoms with van der Waals surface area (Å²) in [4.78, 5) is 11.6. The Balaban J connectivity index is 2.52. The van der Waals surface area contributed by atoms with Gasteiger partial charge in [-0.3, -0.25) is 4.79 Å². The summed E-state index contributed by atoms with van der Waals surface area (Å²) in [5, 5.41) is 3.05. The van der Waals surface area contributed by atoms with Crippen molar-refractivity contribution < 1.29 is 9.18 Å². The van der Waals surface area contributed by atoms with E-state index in [2.05, 4.69) is 5.32 Å². The zero-order chi connectivity index (χ0) is 10.1. The molecular weight excluding hydrogens is 181 g/mol. The van der Waals surface area contributed by atoms with Crippen LogP contribution in [0.25, 0.3) is 0 Å². The predicted molar refractivity (Wildman–Crippen MR) is 51.9 cm³/mol. The van der Waals surface area contributed by atoms with E-state index in [9.17, 15) is 9.18 Å². The number of ketones is 1. The van der Waals surface area contributed by atoms with Crippen LogP contribution < -0.4 is 5.32 Å². The van der Waals surface area contributed by atoms with Crippen LogP contribution in [0.1, 0.15) is 22.8 Å². The summed E-state index contributed by atoms with van der Waals surface area (Å²) in [5.74, 6) is -0.296. The molecular formula is C11H12FNO. The quantitative estimate of drug-likeness (QED) is 0.677. The molecule has 0 radical (unpaired) electrons. The summed E-state index contributed by atoms with van der Waals surface area (Å²) < 4.78 is 13.4. The van der Waals surface area contributed by atoms with Crippen LogP contribution >= 0.6 is 0 Å². The number of carbonyl (C=O) groups excluding carboxylic acids is 1. The molecule has 2 nitrogen and oxygen atoms in total. The summed E-state index contributed by atoms with van der Waals surface area (Å²) in [5.41, 5.74) is 1.08. The van der Waals surface area contributed by atoms with Gasteiger partial charge in [-0.1, -0.05) is 12.1 Å². The van der Waals surface area contributed by atoms with Gasteiger partial charge in [-0.15, -0.1) is 0 Å². The van der Waals surface area contributed by atoms with Crippen molar-refractivity contribution in [3.8, 4) is 0 Å². The van der Waals surface area contributed by atoms with Gasteiger partial charge in [0.2, 0.25) is 0 Å². The van der Waals surface area contributed by atoms with Crippen molar-refractivity contribution in [1.82, 2.24) is 5.32 Å². The molecule has 14 heavy (non-hydrogen) atoms. The average molecular weight is 193 g/mol. The van der Waals surface area contributed by atoms with E-state index in [0.29, 0.717) is 24.1 Å². The van der Waals surface area contributed by atoms with Crippen molar-refractivity contribution >= 4 is 5.78 Å². The van der Waals surface area contributed by atoms with Crippen molar-refractivity contribution in [2.24, 2.45) is 0 Å². The van der Waals surface area contributed by atoms with Gasteiger partial charge in [-0.2, -0.15) is 0 Å². The largest absolute Gasteiger partial charge is 0.307 e. The fraction of sp³-hybridized carbons (Fsp3) is 0.364. The van der Waals surface area contributed by atoms with Crippen LogP contribution in [-0.4, -0.2) is 18.4 Å². The number of carbonyl (C=O) groups is 1. The van der Waals surface area contributed by atoms with Crippen molar-refractivity contribution in [2.45, 2.75) is 19.4 Å². The van der Waals surface area contributed by atoms with Crippen molar-refractivity contribution in [1.29, 1.82) is 0 Å². The number of benzene rings is 1. The van der Waals surface area contributed by atoms with Crippen LogP contribution in [0.2, 0.25) is 0 Å². The van der Waals surface area contributed by atoms with Crippen LogP contribution in [0.4, 0.5) is 4.39 Å². The van der Waals surface area contributed by atoms with Crippen molar-refractivity contribution in [2.75, 3.05) is 6.54 Å². The maximum atomic E-state index is 13.4. The highest BCUT2D eigenvalue weighted by atomic mass is 19.1. The molecule has 74 valence electrons. The molecule has 0 saturated carbocycles. The topological polar surface area (TPSA) is 29.1 Å². The molecule has 0 aromatic heterocycles. The number of nitrogens with one attached hydrogen (secondary N) is 1. The molecule has 0 bridgehead atoms. The molecule has 1 heterocycles. The molecule has 1 aliphatic rings. The second-order valence-electron chi connectivity index (χ2n) is 3.68. The second-order valence-corrected chi connectivity index (χ2v) is 3.68. The Morgan fingerprint density at radius 3 is 3.07 bits per heavy atom. The van der Waals surface area contributed by atoms with E-state index < -0.39 is 0 Å². The lowest BCUT2D eigenvalue weighted by Crippen LogP contribution is -2.29. The first-order chi connectivity index (χ1) is 6.68. The fourth-order valence-electron chi connectivity index (χ4n) is 1.77. The number of halogens is 1. The van der Waals surface area contributed by atoms with E-state index in [-0.39, 0.29) is 17.6 Å². The Kier molecular flexibility index (Phi) is 2.33. The minimum Gasteiger partial charge on any atom is -0.307 e. The molecule has 1 aliphatic heterocycles. The lowest BCUT2D eigenvalue weighted by Gasteiger charge is -2.09. The first-order valence-corrected chi connectivity index (χ1v) is 4.72. The number of hydrogen-bond acceptors (Lipinski definition) is 2. The summed E-state index contributed by atoms with van der Waals surface area (Å²) in [7, 11) is 0. The third kappa shape index (κ3) is 1.55. The lowest BCUT2D eigenvalue weighted by atomic mass is 10.00. The van der Waals surface area contributed by atoms with Gasteiger partial charge in [-0.05, 0) is 19.4 Å². The average Bonchev–Trinajstić information content (AvgIpc) is 2.30. The molecule has 1 aromatic carbocycles. The molecule has 1 unspecified atom stereocenters. The molecule has 3 heteroatoms. The summed E-state index contributed by atoms with van der Waals surface area (Å²) in [6, 6.07) is 4.84. The molecule has 0 saturated heterocycles. The summed E-state index contributed by atoms with van der Waals surface area (Å²) in [6.07, 6.45) is 0.577. The highest BCUT2D eigenvalue weighted by Crippen LogP contribution is 2.18. The van der Waals surface area contributed by atoms with Gasteiger partial charge in [-0.25, -0.2) is 4.39 Å². The van der Waals surface area contributed by atoms with E-state index in [0.717, 1.165) is 0 Å². The molecule has 1 N–H and O–H groups in total. The zero-order valence-electron chi connectivity index (χ0n) is 8.01. The molecule has 0 aliphatic carbocycles. The van der Waals surface area contributed by atoms with E-state index in [1.165, 1.54) is 6.07 Å². The van der Waals surface area contributed by atoms with E-state index >= 15 is 0 Å². The van der Waals surface area contributed by atoms with Crippen LogP contribution in [0.5, 0.6) is 0 Å². The lowest BCUT2D eigenvalue weighted by molar-refractivity contribution is 0.0991. The van der Waals surface area contributed by atoms with Gasteiger partial charge in [0.15, 0.2) is 5.78 Å². The Morgan fingerprint density at radius 2 is 2.29 bits per heavy atom. The first kappa shape index (κ1) is 9.34. The highest BCUT2D eigenvalue weighted by molar-refractivity contribution is 5.99. The summed E-state index contributed by atoms with van der Waals surface area (Å²) >= 11 is 0. The number of rotatable bonds is 0. The highest BCUT2D eigenvalue weighted by Gasteiger charge is 2.20. The molecule has 0 fully saturated rings. The van der Waals surface area contributed by atoms with E-state index in [4.69, 9.17) is 0 Å². The van der Waals surface area contributed by atoms with Crippen molar-refractivity contribution in [3.05, 3.63) is 35.1 Å². The zero-order valence-corrected chi connectivity index (χ0v) is 8.01. The van der Waals surface area contributed by atoms with Gasteiger partial charge in [0.05, 0.1) is 6.54 Å². The maximum Gasteiger partial charge on any atom is 0.176 e. The maximum absolute atomic E-state index is 13.4. The Labute approximate surface area is 82.1 Å². The SMILES string of the molecule is CC1Cc2c(F)cccc2C(=O)CN1. The van der Waals surface area contributed by atoms with E-state index in [1.54, 1.807) is 12.1 Å². The Hall–Kier alpha value is -1.22. The Morgan fingerprint density at radius 1 is 1.50 bits per heavy atom. The number of hydrogen-bond donors (Lipinski definition) is 1. The van der Waals surface area contributed by atoms with Gasteiger partial charge in [0.25, 0.3) is 0 Å². The predicted octanol–water partition coefficient (Wildman–Crippen LogP) is 1.54. The number of Topliss-reactive ketones (excluding diaryl/α,β-unsaturated/α-hetero) is 1. The fourth-order valence-corrected chi connectivity index (χ4v) is 1.77. The second kappa shape index (κ2) is 3.50. The molecule has 2 rings (SSSR count). The van der Waals surface area contributed by atoms with Crippen LogP contribution in [-0.2, 0) is 6.42 Å². The van der Waals surface area contributed by atoms with Gasteiger partial charge in [0, 0.05) is 17.2 Å². The van der Waals surface area contributed by atoms with Gasteiger partial charge >= 0.3 is 0 Å². The van der Waals surface area contributed by atoms with Crippen LogP contribution in [0.15, 0.2) is 18.2 Å². The third-order valence-corrected chi connectivity index (χ3v) is 2.54. The molecule has 1 atom stereocenters. The van der Waals surface area contributed by atoms with Gasteiger partial charge in [0.1, 0.15) is 5.82 Å². The van der Waals surface area contributed by atoms with E-state index in [1.807, 2.05) is 6.92 Å². The molecule has 0 spiro atoms. The minimum absolute atomic E-state index is 0.0242. The summed E-state index contributed by atoms with van der Waals surface area (Å²) in [6.45, 7) is 2.26.